The third-order valence-corrected chi connectivity index (χ3v) is 9.18. The van der Waals surface area contributed by atoms with Crippen molar-refractivity contribution in [2.45, 2.75) is 103 Å². The zero-order valence-electron chi connectivity index (χ0n) is 23.2. The second kappa shape index (κ2) is 11.4. The molecule has 2 aromatic rings. The van der Waals surface area contributed by atoms with Crippen LogP contribution in [0, 0.1) is 35.2 Å². The Kier molecular flexibility index (Phi) is 8.21. The lowest BCUT2D eigenvalue weighted by Gasteiger charge is -2.42. The fraction of sp³-hybridized carbons (Fsp3) is 0.606. The molecule has 0 amide bonds. The molecule has 206 valence electrons. The minimum absolute atomic E-state index is 0.175. The third kappa shape index (κ3) is 5.97. The van der Waals surface area contributed by atoms with Gasteiger partial charge in [0.15, 0.2) is 0 Å². The molecule has 0 aromatic heterocycles. The average molecular weight is 526 g/mol. The summed E-state index contributed by atoms with van der Waals surface area (Å²) in [7, 11) is 0. The number of aliphatic imine (C=N–C) groups is 1. The van der Waals surface area contributed by atoms with Crippen molar-refractivity contribution in [3.8, 4) is 11.1 Å². The van der Waals surface area contributed by atoms with Crippen molar-refractivity contribution < 1.29 is 17.9 Å². The van der Waals surface area contributed by atoms with Crippen LogP contribution in [0.4, 0.5) is 13.2 Å². The number of nitrogens with zero attached hydrogens (tertiary/aromatic N) is 1. The normalized spacial score (nSPS) is 26.5. The number of rotatable bonds is 8. The van der Waals surface area contributed by atoms with E-state index >= 15 is 8.78 Å². The molecule has 5 heteroatoms. The Hall–Kier alpha value is -2.30. The molecule has 2 fully saturated rings. The van der Waals surface area contributed by atoms with Gasteiger partial charge in [-0.3, -0.25) is 0 Å². The van der Waals surface area contributed by atoms with Crippen LogP contribution in [-0.2, 0) is 4.74 Å². The molecule has 2 saturated carbocycles. The van der Waals surface area contributed by atoms with E-state index < -0.39 is 23.0 Å². The number of hydrogen-bond acceptors (Lipinski definition) is 2. The van der Waals surface area contributed by atoms with Crippen molar-refractivity contribution in [1.82, 2.24) is 0 Å². The molecule has 0 spiro atoms. The number of ether oxygens (including phenoxy) is 1. The molecule has 0 N–H and O–H groups in total. The number of unbranched alkanes of at least 4 members (excludes halogenated alkanes) is 3. The molecule has 4 unspecified atom stereocenters. The van der Waals surface area contributed by atoms with Gasteiger partial charge in [0.25, 0.3) is 0 Å². The predicted molar refractivity (Wildman–Crippen MR) is 148 cm³/mol. The first-order valence-corrected chi connectivity index (χ1v) is 14.8. The zero-order chi connectivity index (χ0) is 26.9. The van der Waals surface area contributed by atoms with Gasteiger partial charge in [0, 0.05) is 0 Å². The summed E-state index contributed by atoms with van der Waals surface area (Å²) in [4.78, 5) is 4.41. The molecule has 1 heterocycles. The maximum atomic E-state index is 15.3. The standard InChI is InChI=1S/C33H42F3NO/c1-4-5-6-7-8-21-9-10-23-16-24(12-11-22(23)15-21)26-18-29(35)31(30(36)19-26)25-13-14-27(28(34)17-25)32-37-33(2,3)20-38-32/h13-14,17-19,21-24H,4-12,15-16,20H2,1-3H3. The van der Waals surface area contributed by atoms with Crippen molar-refractivity contribution in [2.75, 3.05) is 6.61 Å². The van der Waals surface area contributed by atoms with Gasteiger partial charge in [-0.25, -0.2) is 18.2 Å². The summed E-state index contributed by atoms with van der Waals surface area (Å²) in [5.74, 6) is 0.878. The molecule has 2 nitrogen and oxygen atoms in total. The van der Waals surface area contributed by atoms with Crippen LogP contribution in [0.25, 0.3) is 11.1 Å². The van der Waals surface area contributed by atoms with Gasteiger partial charge >= 0.3 is 0 Å². The molecule has 2 aromatic carbocycles. The van der Waals surface area contributed by atoms with E-state index in [0.29, 0.717) is 12.5 Å². The Bertz CT molecular complexity index is 1150. The number of benzene rings is 2. The summed E-state index contributed by atoms with van der Waals surface area (Å²) in [6, 6.07) is 7.20. The first-order chi connectivity index (χ1) is 18.2. The molecule has 3 aliphatic rings. The van der Waals surface area contributed by atoms with Gasteiger partial charge in [-0.15, -0.1) is 0 Å². The Morgan fingerprint density at radius 3 is 2.29 bits per heavy atom. The van der Waals surface area contributed by atoms with Gasteiger partial charge in [-0.2, -0.15) is 0 Å². The Labute approximate surface area is 226 Å². The molecule has 2 aliphatic carbocycles. The maximum absolute atomic E-state index is 15.3. The lowest BCUT2D eigenvalue weighted by atomic mass is 9.63. The minimum atomic E-state index is -0.624. The van der Waals surface area contributed by atoms with Gasteiger partial charge in [-0.1, -0.05) is 51.5 Å². The smallest absolute Gasteiger partial charge is 0.219 e. The van der Waals surface area contributed by atoms with Crippen molar-refractivity contribution in [1.29, 1.82) is 0 Å². The highest BCUT2D eigenvalue weighted by Gasteiger charge is 2.36. The molecular formula is C33H42F3NO. The fourth-order valence-electron chi connectivity index (χ4n) is 7.08. The van der Waals surface area contributed by atoms with Crippen LogP contribution in [0.2, 0.25) is 0 Å². The second-order valence-corrected chi connectivity index (χ2v) is 12.6. The fourth-order valence-corrected chi connectivity index (χ4v) is 7.08. The van der Waals surface area contributed by atoms with Gasteiger partial charge in [0.05, 0.1) is 16.7 Å². The van der Waals surface area contributed by atoms with Crippen LogP contribution in [0.15, 0.2) is 35.3 Å². The lowest BCUT2D eigenvalue weighted by molar-refractivity contribution is 0.113. The molecule has 1 aliphatic heterocycles. The molecule has 4 atom stereocenters. The Balaban J connectivity index is 1.26. The van der Waals surface area contributed by atoms with Gasteiger partial charge in [0.1, 0.15) is 24.1 Å². The van der Waals surface area contributed by atoms with E-state index in [4.69, 9.17) is 4.74 Å². The molecule has 38 heavy (non-hydrogen) atoms. The molecule has 5 rings (SSSR count). The van der Waals surface area contributed by atoms with E-state index in [2.05, 4.69) is 11.9 Å². The van der Waals surface area contributed by atoms with Gasteiger partial charge in [-0.05, 0) is 105 Å². The number of fused-ring (bicyclic) bond motifs is 1. The van der Waals surface area contributed by atoms with E-state index in [-0.39, 0.29) is 28.5 Å². The van der Waals surface area contributed by atoms with Crippen molar-refractivity contribution >= 4 is 5.90 Å². The zero-order valence-corrected chi connectivity index (χ0v) is 23.2. The largest absolute Gasteiger partial charge is 0.475 e. The van der Waals surface area contributed by atoms with Gasteiger partial charge in [0.2, 0.25) is 5.90 Å². The van der Waals surface area contributed by atoms with Crippen molar-refractivity contribution in [2.24, 2.45) is 22.7 Å². The topological polar surface area (TPSA) is 21.6 Å². The molecule has 0 saturated heterocycles. The van der Waals surface area contributed by atoms with Crippen molar-refractivity contribution in [3.63, 3.8) is 0 Å². The summed E-state index contributed by atoms with van der Waals surface area (Å²) in [6.45, 7) is 6.45. The van der Waals surface area contributed by atoms with Crippen LogP contribution >= 0.6 is 0 Å². The second-order valence-electron chi connectivity index (χ2n) is 12.6. The summed E-state index contributed by atoms with van der Waals surface area (Å²) >= 11 is 0. The van der Waals surface area contributed by atoms with Gasteiger partial charge < -0.3 is 4.74 Å². The SMILES string of the molecule is CCCCCCC1CCC2CC(c3cc(F)c(-c4ccc(C5=NC(C)(C)CO5)c(F)c4)c(F)c3)CCC2C1. The van der Waals surface area contributed by atoms with Crippen LogP contribution in [-0.4, -0.2) is 18.0 Å². The number of halogens is 3. The molecule has 0 radical (unpaired) electrons. The number of hydrogen-bond donors (Lipinski definition) is 0. The summed E-state index contributed by atoms with van der Waals surface area (Å²) in [5.41, 5.74) is 0.556. The summed E-state index contributed by atoms with van der Waals surface area (Å²) in [5, 5.41) is 0. The first kappa shape index (κ1) is 27.3. The predicted octanol–water partition coefficient (Wildman–Crippen LogP) is 9.60. The maximum Gasteiger partial charge on any atom is 0.219 e. The minimum Gasteiger partial charge on any atom is -0.475 e. The van der Waals surface area contributed by atoms with E-state index in [1.54, 1.807) is 6.07 Å². The van der Waals surface area contributed by atoms with Crippen LogP contribution < -0.4 is 0 Å². The quantitative estimate of drug-likeness (QED) is 0.314. The highest BCUT2D eigenvalue weighted by atomic mass is 19.1. The molecular weight excluding hydrogens is 483 g/mol. The van der Waals surface area contributed by atoms with E-state index in [1.807, 2.05) is 13.8 Å². The average Bonchev–Trinajstić information content (AvgIpc) is 3.25. The first-order valence-electron chi connectivity index (χ1n) is 14.8. The Morgan fingerprint density at radius 1 is 0.868 bits per heavy atom. The van der Waals surface area contributed by atoms with E-state index in [0.717, 1.165) is 36.7 Å². The van der Waals surface area contributed by atoms with Crippen LogP contribution in [0.5, 0.6) is 0 Å². The van der Waals surface area contributed by atoms with Crippen LogP contribution in [0.3, 0.4) is 0 Å². The summed E-state index contributed by atoms with van der Waals surface area (Å²) in [6.07, 6.45) is 13.8. The monoisotopic (exact) mass is 525 g/mol. The van der Waals surface area contributed by atoms with Crippen LogP contribution in [0.1, 0.15) is 108 Å². The highest BCUT2D eigenvalue weighted by molar-refractivity contribution is 5.96. The highest BCUT2D eigenvalue weighted by Crippen LogP contribution is 2.49. The Morgan fingerprint density at radius 2 is 1.61 bits per heavy atom. The van der Waals surface area contributed by atoms with E-state index in [1.165, 1.54) is 75.6 Å². The third-order valence-electron chi connectivity index (χ3n) is 9.18. The summed E-state index contributed by atoms with van der Waals surface area (Å²) < 4.78 is 51.2. The van der Waals surface area contributed by atoms with Crippen molar-refractivity contribution in [3.05, 3.63) is 58.9 Å². The molecule has 0 bridgehead atoms. The lowest BCUT2D eigenvalue weighted by Crippen LogP contribution is -2.30. The van der Waals surface area contributed by atoms with E-state index in [9.17, 15) is 4.39 Å².